The topological polar surface area (TPSA) is 37.4 Å². The van der Waals surface area contributed by atoms with Crippen LogP contribution >= 0.6 is 15.9 Å². The lowest BCUT2D eigenvalue weighted by Gasteiger charge is -2.21. The van der Waals surface area contributed by atoms with Crippen molar-refractivity contribution in [1.82, 2.24) is 10.3 Å². The summed E-state index contributed by atoms with van der Waals surface area (Å²) in [6.07, 6.45) is 5.73. The summed E-state index contributed by atoms with van der Waals surface area (Å²) in [5.41, 5.74) is 1.30. The minimum Gasteiger partial charge on any atom is -0.384 e. The maximum Gasteiger partial charge on any atom is 0.133 e. The van der Waals surface area contributed by atoms with Crippen LogP contribution in [-0.4, -0.2) is 37.8 Å². The number of hydrogen-bond acceptors (Lipinski definition) is 4. The molecule has 2 aliphatic rings. The zero-order chi connectivity index (χ0) is 13.9. The van der Waals surface area contributed by atoms with Crippen molar-refractivity contribution < 1.29 is 4.74 Å². The van der Waals surface area contributed by atoms with Crippen molar-refractivity contribution in [2.75, 3.05) is 31.7 Å². The Kier molecular flexibility index (Phi) is 4.58. The standard InChI is InChI=1S/C15H22BrN3O/c1-20-10-11-4-5-19(9-11)15-12(6-13(16)8-18-15)7-17-14-2-3-14/h6,8,11,14,17H,2-5,7,9-10H2,1H3. The molecule has 1 unspecified atom stereocenters. The number of methoxy groups -OCH3 is 1. The van der Waals surface area contributed by atoms with Crippen LogP contribution in [0.3, 0.4) is 0 Å². The van der Waals surface area contributed by atoms with Gasteiger partial charge in [-0.05, 0) is 41.3 Å². The van der Waals surface area contributed by atoms with Crippen molar-refractivity contribution >= 4 is 21.7 Å². The van der Waals surface area contributed by atoms with E-state index in [4.69, 9.17) is 4.74 Å². The van der Waals surface area contributed by atoms with E-state index in [1.807, 2.05) is 6.20 Å². The smallest absolute Gasteiger partial charge is 0.133 e. The second-order valence-corrected chi connectivity index (χ2v) is 6.76. The molecule has 1 aliphatic heterocycles. The Labute approximate surface area is 129 Å². The summed E-state index contributed by atoms with van der Waals surface area (Å²) >= 11 is 3.54. The first kappa shape index (κ1) is 14.3. The Bertz CT molecular complexity index is 464. The monoisotopic (exact) mass is 339 g/mol. The summed E-state index contributed by atoms with van der Waals surface area (Å²) in [6.45, 7) is 3.90. The van der Waals surface area contributed by atoms with Crippen LogP contribution in [0.25, 0.3) is 0 Å². The van der Waals surface area contributed by atoms with E-state index in [9.17, 15) is 0 Å². The highest BCUT2D eigenvalue weighted by Gasteiger charge is 2.26. The van der Waals surface area contributed by atoms with Crippen molar-refractivity contribution in [2.24, 2.45) is 5.92 Å². The Hall–Kier alpha value is -0.650. The number of aromatic nitrogens is 1. The van der Waals surface area contributed by atoms with Crippen LogP contribution in [0, 0.1) is 5.92 Å². The Morgan fingerprint density at radius 1 is 1.45 bits per heavy atom. The summed E-state index contributed by atoms with van der Waals surface area (Å²) in [4.78, 5) is 7.05. The number of halogens is 1. The number of nitrogens with one attached hydrogen (secondary N) is 1. The number of hydrogen-bond donors (Lipinski definition) is 1. The van der Waals surface area contributed by atoms with Gasteiger partial charge in [-0.2, -0.15) is 0 Å². The van der Waals surface area contributed by atoms with E-state index >= 15 is 0 Å². The molecule has 2 heterocycles. The lowest BCUT2D eigenvalue weighted by Crippen LogP contribution is -2.25. The number of nitrogens with zero attached hydrogens (tertiary/aromatic N) is 2. The molecule has 1 saturated heterocycles. The minimum absolute atomic E-state index is 0.634. The van der Waals surface area contributed by atoms with Crippen LogP contribution in [0.5, 0.6) is 0 Å². The third-order valence-corrected chi connectivity index (χ3v) is 4.49. The van der Waals surface area contributed by atoms with E-state index in [1.54, 1.807) is 7.11 Å². The number of anilines is 1. The Morgan fingerprint density at radius 3 is 3.05 bits per heavy atom. The minimum atomic E-state index is 0.634. The fourth-order valence-corrected chi connectivity index (χ4v) is 3.21. The SMILES string of the molecule is COCC1CCN(c2ncc(Br)cc2CNC2CC2)C1. The first-order chi connectivity index (χ1) is 9.76. The lowest BCUT2D eigenvalue weighted by molar-refractivity contribution is 0.161. The second kappa shape index (κ2) is 6.41. The molecule has 1 aliphatic carbocycles. The molecule has 4 nitrogen and oxygen atoms in total. The van der Waals surface area contributed by atoms with Gasteiger partial charge in [0.15, 0.2) is 0 Å². The molecular formula is C15H22BrN3O. The highest BCUT2D eigenvalue weighted by atomic mass is 79.9. The fourth-order valence-electron chi connectivity index (χ4n) is 2.83. The zero-order valence-electron chi connectivity index (χ0n) is 11.9. The number of pyridine rings is 1. The quantitative estimate of drug-likeness (QED) is 0.864. The van der Waals surface area contributed by atoms with Gasteiger partial charge in [0.2, 0.25) is 0 Å². The zero-order valence-corrected chi connectivity index (χ0v) is 13.5. The molecule has 1 saturated carbocycles. The van der Waals surface area contributed by atoms with Crippen LogP contribution < -0.4 is 10.2 Å². The molecule has 1 aromatic heterocycles. The van der Waals surface area contributed by atoms with E-state index in [0.29, 0.717) is 5.92 Å². The molecule has 1 atom stereocenters. The average molecular weight is 340 g/mol. The van der Waals surface area contributed by atoms with Crippen LogP contribution in [-0.2, 0) is 11.3 Å². The summed E-state index contributed by atoms with van der Waals surface area (Å²) in [5, 5.41) is 3.59. The van der Waals surface area contributed by atoms with E-state index in [0.717, 1.165) is 42.6 Å². The maximum absolute atomic E-state index is 5.28. The van der Waals surface area contributed by atoms with Crippen molar-refractivity contribution in [3.05, 3.63) is 22.3 Å². The predicted octanol–water partition coefficient (Wildman–Crippen LogP) is 2.57. The van der Waals surface area contributed by atoms with E-state index in [-0.39, 0.29) is 0 Å². The van der Waals surface area contributed by atoms with Gasteiger partial charge in [-0.3, -0.25) is 0 Å². The van der Waals surface area contributed by atoms with Gasteiger partial charge in [-0.15, -0.1) is 0 Å². The molecular weight excluding hydrogens is 318 g/mol. The highest BCUT2D eigenvalue weighted by Crippen LogP contribution is 2.28. The Balaban J connectivity index is 1.70. The van der Waals surface area contributed by atoms with Crippen LogP contribution in [0.15, 0.2) is 16.7 Å². The van der Waals surface area contributed by atoms with Gasteiger partial charge in [-0.25, -0.2) is 4.98 Å². The van der Waals surface area contributed by atoms with Crippen LogP contribution in [0.1, 0.15) is 24.8 Å². The molecule has 1 aromatic rings. The van der Waals surface area contributed by atoms with Gasteiger partial charge in [0.05, 0.1) is 6.61 Å². The molecule has 5 heteroatoms. The van der Waals surface area contributed by atoms with Crippen molar-refractivity contribution in [1.29, 1.82) is 0 Å². The highest BCUT2D eigenvalue weighted by molar-refractivity contribution is 9.10. The van der Waals surface area contributed by atoms with Crippen molar-refractivity contribution in [3.8, 4) is 0 Å². The molecule has 0 radical (unpaired) electrons. The second-order valence-electron chi connectivity index (χ2n) is 5.85. The largest absolute Gasteiger partial charge is 0.384 e. The van der Waals surface area contributed by atoms with Crippen molar-refractivity contribution in [2.45, 2.75) is 31.8 Å². The first-order valence-electron chi connectivity index (χ1n) is 7.38. The fraction of sp³-hybridized carbons (Fsp3) is 0.667. The first-order valence-corrected chi connectivity index (χ1v) is 8.17. The van der Waals surface area contributed by atoms with Gasteiger partial charge < -0.3 is 15.0 Å². The summed E-state index contributed by atoms with van der Waals surface area (Å²) in [7, 11) is 1.78. The van der Waals surface area contributed by atoms with E-state index in [1.165, 1.54) is 24.8 Å². The van der Waals surface area contributed by atoms with Crippen LogP contribution in [0.4, 0.5) is 5.82 Å². The molecule has 110 valence electrons. The van der Waals surface area contributed by atoms with Gasteiger partial charge in [0.1, 0.15) is 5.82 Å². The molecule has 2 fully saturated rings. The third kappa shape index (κ3) is 3.51. The molecule has 0 amide bonds. The predicted molar refractivity (Wildman–Crippen MR) is 84.0 cm³/mol. The number of rotatable bonds is 6. The van der Waals surface area contributed by atoms with Crippen LogP contribution in [0.2, 0.25) is 0 Å². The molecule has 3 rings (SSSR count). The summed E-state index contributed by atoms with van der Waals surface area (Å²) < 4.78 is 6.34. The molecule has 0 aromatic carbocycles. The van der Waals surface area contributed by atoms with Gasteiger partial charge >= 0.3 is 0 Å². The molecule has 0 spiro atoms. The van der Waals surface area contributed by atoms with Gasteiger partial charge in [-0.1, -0.05) is 0 Å². The number of ether oxygens (including phenoxy) is 1. The third-order valence-electron chi connectivity index (χ3n) is 4.06. The van der Waals surface area contributed by atoms with Gasteiger partial charge in [0, 0.05) is 54.9 Å². The van der Waals surface area contributed by atoms with Gasteiger partial charge in [0.25, 0.3) is 0 Å². The van der Waals surface area contributed by atoms with E-state index in [2.05, 4.69) is 37.2 Å². The average Bonchev–Trinajstić information content (AvgIpc) is 3.16. The van der Waals surface area contributed by atoms with E-state index < -0.39 is 0 Å². The molecule has 1 N–H and O–H groups in total. The van der Waals surface area contributed by atoms with Crippen molar-refractivity contribution in [3.63, 3.8) is 0 Å². The molecule has 0 bridgehead atoms. The maximum atomic E-state index is 5.28. The summed E-state index contributed by atoms with van der Waals surface area (Å²) in [6, 6.07) is 2.92. The normalized spacial score (nSPS) is 22.5. The molecule has 20 heavy (non-hydrogen) atoms. The summed E-state index contributed by atoms with van der Waals surface area (Å²) in [5.74, 6) is 1.77. The lowest BCUT2D eigenvalue weighted by atomic mass is 10.1. The Morgan fingerprint density at radius 2 is 2.30 bits per heavy atom.